The largest absolute Gasteiger partial charge is 0.352 e. The van der Waals surface area contributed by atoms with Gasteiger partial charge in [-0.2, -0.15) is 4.31 Å². The number of hydrogen-bond donors (Lipinski definition) is 0. The normalized spacial score (nSPS) is 15.4. The molecule has 0 N–H and O–H groups in total. The molecule has 4 rings (SSSR count). The fraction of sp³-hybridized carbons (Fsp3) is 0.200. The summed E-state index contributed by atoms with van der Waals surface area (Å²) in [6.07, 6.45) is 0. The molecule has 0 saturated carbocycles. The molecule has 1 aliphatic heterocycles. The summed E-state index contributed by atoms with van der Waals surface area (Å²) in [5.74, 6) is -1.71. The molecule has 1 aromatic heterocycles. The van der Waals surface area contributed by atoms with E-state index in [1.807, 2.05) is 4.90 Å². The number of benzene rings is 2. The first kappa shape index (κ1) is 20.3. The van der Waals surface area contributed by atoms with E-state index in [4.69, 9.17) is 0 Å². The number of rotatable bonds is 4. The lowest BCUT2D eigenvalue weighted by Crippen LogP contribution is -2.49. The van der Waals surface area contributed by atoms with Crippen LogP contribution in [0.4, 0.5) is 19.0 Å². The van der Waals surface area contributed by atoms with Crippen LogP contribution in [0, 0.1) is 17.5 Å². The summed E-state index contributed by atoms with van der Waals surface area (Å²) in [5, 5.41) is 8.34. The van der Waals surface area contributed by atoms with Crippen molar-refractivity contribution in [2.75, 3.05) is 31.1 Å². The SMILES string of the molecule is O=S(=O)(c1ccc(F)cc1F)N1CCN(c2ccc(-c3ccc(F)cc3)nn2)CC1. The highest BCUT2D eigenvalue weighted by Crippen LogP contribution is 2.24. The monoisotopic (exact) mass is 434 g/mol. The molecule has 2 aromatic carbocycles. The van der Waals surface area contributed by atoms with Crippen molar-refractivity contribution in [3.8, 4) is 11.3 Å². The van der Waals surface area contributed by atoms with Gasteiger partial charge in [-0.1, -0.05) is 0 Å². The lowest BCUT2D eigenvalue weighted by atomic mass is 10.1. The van der Waals surface area contributed by atoms with Crippen molar-refractivity contribution >= 4 is 15.8 Å². The zero-order valence-electron chi connectivity index (χ0n) is 15.7. The Balaban J connectivity index is 1.44. The summed E-state index contributed by atoms with van der Waals surface area (Å²) in [6, 6.07) is 11.8. The number of sulfonamides is 1. The fourth-order valence-electron chi connectivity index (χ4n) is 3.25. The average Bonchev–Trinajstić information content (AvgIpc) is 2.74. The lowest BCUT2D eigenvalue weighted by molar-refractivity contribution is 0.381. The molecule has 0 spiro atoms. The van der Waals surface area contributed by atoms with Crippen LogP contribution in [0.2, 0.25) is 0 Å². The van der Waals surface area contributed by atoms with Crippen LogP contribution in [0.1, 0.15) is 0 Å². The van der Waals surface area contributed by atoms with E-state index in [-0.39, 0.29) is 18.9 Å². The van der Waals surface area contributed by atoms with Gasteiger partial charge >= 0.3 is 0 Å². The topological polar surface area (TPSA) is 66.4 Å². The molecule has 0 atom stereocenters. The van der Waals surface area contributed by atoms with Gasteiger partial charge in [-0.25, -0.2) is 21.6 Å². The van der Waals surface area contributed by atoms with Gasteiger partial charge in [-0.05, 0) is 48.5 Å². The molecular weight excluding hydrogens is 417 g/mol. The molecule has 3 aromatic rings. The van der Waals surface area contributed by atoms with E-state index in [2.05, 4.69) is 10.2 Å². The first-order chi connectivity index (χ1) is 14.3. The Morgan fingerprint density at radius 2 is 1.43 bits per heavy atom. The second-order valence-corrected chi connectivity index (χ2v) is 8.66. The number of aromatic nitrogens is 2. The van der Waals surface area contributed by atoms with Crippen LogP contribution in [0.3, 0.4) is 0 Å². The van der Waals surface area contributed by atoms with E-state index in [1.165, 1.54) is 16.4 Å². The van der Waals surface area contributed by atoms with E-state index in [0.717, 1.165) is 17.7 Å². The Morgan fingerprint density at radius 3 is 2.03 bits per heavy atom. The molecule has 0 unspecified atom stereocenters. The first-order valence-electron chi connectivity index (χ1n) is 9.14. The summed E-state index contributed by atoms with van der Waals surface area (Å²) in [7, 11) is -4.06. The zero-order valence-corrected chi connectivity index (χ0v) is 16.5. The van der Waals surface area contributed by atoms with Crippen molar-refractivity contribution in [1.29, 1.82) is 0 Å². The van der Waals surface area contributed by atoms with Crippen molar-refractivity contribution in [2.24, 2.45) is 0 Å². The third kappa shape index (κ3) is 4.01. The molecule has 156 valence electrons. The molecule has 0 radical (unpaired) electrons. The van der Waals surface area contributed by atoms with Gasteiger partial charge < -0.3 is 4.90 Å². The second kappa shape index (κ2) is 8.04. The second-order valence-electron chi connectivity index (χ2n) is 6.75. The minimum Gasteiger partial charge on any atom is -0.352 e. The average molecular weight is 434 g/mol. The van der Waals surface area contributed by atoms with Crippen LogP contribution in [0.5, 0.6) is 0 Å². The number of nitrogens with zero attached hydrogens (tertiary/aromatic N) is 4. The third-order valence-corrected chi connectivity index (χ3v) is 6.80. The fourth-order valence-corrected chi connectivity index (χ4v) is 4.72. The predicted molar refractivity (Wildman–Crippen MR) is 105 cm³/mol. The Kier molecular flexibility index (Phi) is 5.44. The Hall–Kier alpha value is -2.98. The number of piperazine rings is 1. The summed E-state index contributed by atoms with van der Waals surface area (Å²) >= 11 is 0. The standard InChI is InChI=1S/C20H17F3N4O2S/c21-15-3-1-14(2-4-15)18-6-8-20(25-24-18)26-9-11-27(12-10-26)30(28,29)19-7-5-16(22)13-17(19)23/h1-8,13H,9-12H2. The molecule has 30 heavy (non-hydrogen) atoms. The Bertz CT molecular complexity index is 1150. The third-order valence-electron chi connectivity index (χ3n) is 4.86. The Morgan fingerprint density at radius 1 is 0.767 bits per heavy atom. The molecule has 0 bridgehead atoms. The summed E-state index contributed by atoms with van der Waals surface area (Å²) in [4.78, 5) is 1.33. The Labute approximate surface area is 171 Å². The maximum Gasteiger partial charge on any atom is 0.246 e. The van der Waals surface area contributed by atoms with E-state index < -0.39 is 26.6 Å². The van der Waals surface area contributed by atoms with Crippen molar-refractivity contribution in [1.82, 2.24) is 14.5 Å². The molecule has 0 aliphatic carbocycles. The minimum atomic E-state index is -4.06. The van der Waals surface area contributed by atoms with Crippen LogP contribution in [0.25, 0.3) is 11.3 Å². The molecule has 2 heterocycles. The molecule has 1 saturated heterocycles. The molecule has 1 aliphatic rings. The van der Waals surface area contributed by atoms with Crippen LogP contribution in [-0.2, 0) is 10.0 Å². The molecule has 10 heteroatoms. The predicted octanol–water partition coefficient (Wildman–Crippen LogP) is 3.07. The van der Waals surface area contributed by atoms with Crippen molar-refractivity contribution in [3.05, 3.63) is 72.0 Å². The maximum atomic E-state index is 13.9. The van der Waals surface area contributed by atoms with Gasteiger partial charge in [0.15, 0.2) is 5.82 Å². The first-order valence-corrected chi connectivity index (χ1v) is 10.6. The van der Waals surface area contributed by atoms with Crippen LogP contribution in [0.15, 0.2) is 59.5 Å². The number of hydrogen-bond acceptors (Lipinski definition) is 5. The highest BCUT2D eigenvalue weighted by Gasteiger charge is 2.31. The van der Waals surface area contributed by atoms with Gasteiger partial charge in [0.05, 0.1) is 5.69 Å². The summed E-state index contributed by atoms with van der Waals surface area (Å²) in [5.41, 5.74) is 1.32. The highest BCUT2D eigenvalue weighted by atomic mass is 32.2. The van der Waals surface area contributed by atoms with E-state index >= 15 is 0 Å². The van der Waals surface area contributed by atoms with E-state index in [0.29, 0.717) is 30.7 Å². The van der Waals surface area contributed by atoms with Gasteiger partial charge in [-0.3, -0.25) is 0 Å². The number of halogens is 3. The molecular formula is C20H17F3N4O2S. The van der Waals surface area contributed by atoms with E-state index in [1.54, 1.807) is 24.3 Å². The van der Waals surface area contributed by atoms with E-state index in [9.17, 15) is 21.6 Å². The lowest BCUT2D eigenvalue weighted by Gasteiger charge is -2.34. The van der Waals surface area contributed by atoms with Gasteiger partial charge in [0, 0.05) is 37.8 Å². The molecule has 6 nitrogen and oxygen atoms in total. The highest BCUT2D eigenvalue weighted by molar-refractivity contribution is 7.89. The number of anilines is 1. The van der Waals surface area contributed by atoms with Gasteiger partial charge in [0.2, 0.25) is 10.0 Å². The van der Waals surface area contributed by atoms with Crippen molar-refractivity contribution in [3.63, 3.8) is 0 Å². The minimum absolute atomic E-state index is 0.126. The van der Waals surface area contributed by atoms with Crippen molar-refractivity contribution in [2.45, 2.75) is 4.90 Å². The van der Waals surface area contributed by atoms with Crippen LogP contribution in [-0.4, -0.2) is 49.1 Å². The van der Waals surface area contributed by atoms with Crippen molar-refractivity contribution < 1.29 is 21.6 Å². The van der Waals surface area contributed by atoms with Crippen LogP contribution >= 0.6 is 0 Å². The van der Waals surface area contributed by atoms with Gasteiger partial charge in [0.1, 0.15) is 22.3 Å². The smallest absolute Gasteiger partial charge is 0.246 e. The van der Waals surface area contributed by atoms with Gasteiger partial charge in [-0.15, -0.1) is 10.2 Å². The molecule has 1 fully saturated rings. The molecule has 0 amide bonds. The quantitative estimate of drug-likeness (QED) is 0.632. The van der Waals surface area contributed by atoms with Crippen LogP contribution < -0.4 is 4.90 Å². The summed E-state index contributed by atoms with van der Waals surface area (Å²) < 4.78 is 66.6. The maximum absolute atomic E-state index is 13.9. The van der Waals surface area contributed by atoms with Gasteiger partial charge in [0.25, 0.3) is 0 Å². The zero-order chi connectivity index (χ0) is 21.3. The summed E-state index contributed by atoms with van der Waals surface area (Å²) in [6.45, 7) is 0.931.